The molecule has 1 heterocycles. The number of ether oxygens (including phenoxy) is 2. The molecule has 0 aliphatic heterocycles. The van der Waals surface area contributed by atoms with E-state index in [0.717, 1.165) is 4.70 Å². The molecule has 1 aromatic carbocycles. The van der Waals surface area contributed by atoms with Gasteiger partial charge in [-0.25, -0.2) is 4.98 Å². The second kappa shape index (κ2) is 5.14. The monoisotopic (exact) mass is 265 g/mol. The van der Waals surface area contributed by atoms with Gasteiger partial charge in [0.25, 0.3) is 0 Å². The average Bonchev–Trinajstić information content (AvgIpc) is 2.81. The van der Waals surface area contributed by atoms with Gasteiger partial charge < -0.3 is 9.47 Å². The standard InChI is InChI=1S/C12H11NO4S/c1-16-7-3-4-8-10(5-7)18-12(13-8)9(14)6-11(15)17-2/h3-5H,6H2,1-2H3. The molecule has 0 spiro atoms. The van der Waals surface area contributed by atoms with Crippen molar-refractivity contribution in [3.63, 3.8) is 0 Å². The minimum Gasteiger partial charge on any atom is -0.497 e. The van der Waals surface area contributed by atoms with Gasteiger partial charge in [0.15, 0.2) is 5.01 Å². The zero-order valence-corrected chi connectivity index (χ0v) is 10.7. The van der Waals surface area contributed by atoms with Gasteiger partial charge in [-0.2, -0.15) is 0 Å². The molecule has 18 heavy (non-hydrogen) atoms. The number of hydrogen-bond donors (Lipinski definition) is 0. The van der Waals surface area contributed by atoms with Crippen molar-refractivity contribution < 1.29 is 19.1 Å². The maximum Gasteiger partial charge on any atom is 0.313 e. The lowest BCUT2D eigenvalue weighted by Gasteiger charge is -1.96. The van der Waals surface area contributed by atoms with Crippen molar-refractivity contribution in [2.45, 2.75) is 6.42 Å². The van der Waals surface area contributed by atoms with Gasteiger partial charge in [0.2, 0.25) is 5.78 Å². The van der Waals surface area contributed by atoms with Crippen LogP contribution in [0.5, 0.6) is 5.75 Å². The summed E-state index contributed by atoms with van der Waals surface area (Å²) in [5.41, 5.74) is 0.717. The maximum atomic E-state index is 11.8. The third-order valence-corrected chi connectivity index (χ3v) is 3.43. The highest BCUT2D eigenvalue weighted by Crippen LogP contribution is 2.26. The lowest BCUT2D eigenvalue weighted by molar-refractivity contribution is -0.139. The van der Waals surface area contributed by atoms with E-state index in [0.29, 0.717) is 16.3 Å². The summed E-state index contributed by atoms with van der Waals surface area (Å²) >= 11 is 1.24. The van der Waals surface area contributed by atoms with Crippen LogP contribution in [0.15, 0.2) is 18.2 Å². The highest BCUT2D eigenvalue weighted by atomic mass is 32.1. The Morgan fingerprint density at radius 1 is 1.33 bits per heavy atom. The zero-order chi connectivity index (χ0) is 13.1. The molecule has 2 aromatic rings. The normalized spacial score (nSPS) is 10.3. The van der Waals surface area contributed by atoms with E-state index >= 15 is 0 Å². The number of aromatic nitrogens is 1. The topological polar surface area (TPSA) is 65.5 Å². The predicted octanol–water partition coefficient (Wildman–Crippen LogP) is 2.05. The summed E-state index contributed by atoms with van der Waals surface area (Å²) in [4.78, 5) is 27.0. The Labute approximate surface area is 107 Å². The van der Waals surface area contributed by atoms with Crippen LogP contribution in [0.4, 0.5) is 0 Å². The number of methoxy groups -OCH3 is 2. The van der Waals surface area contributed by atoms with Crippen LogP contribution in [0.25, 0.3) is 10.2 Å². The Balaban J connectivity index is 2.29. The molecule has 2 rings (SSSR count). The number of nitrogens with zero attached hydrogens (tertiary/aromatic N) is 1. The second-order valence-electron chi connectivity index (χ2n) is 3.53. The molecule has 0 amide bonds. The lowest BCUT2D eigenvalue weighted by Crippen LogP contribution is -2.09. The second-order valence-corrected chi connectivity index (χ2v) is 4.56. The van der Waals surface area contributed by atoms with Crippen molar-refractivity contribution in [3.05, 3.63) is 23.2 Å². The molecule has 0 unspecified atom stereocenters. The smallest absolute Gasteiger partial charge is 0.313 e. The maximum absolute atomic E-state index is 11.8. The van der Waals surface area contributed by atoms with Crippen molar-refractivity contribution in [2.24, 2.45) is 0 Å². The molecular formula is C12H11NO4S. The molecule has 1 aromatic heterocycles. The number of rotatable bonds is 4. The van der Waals surface area contributed by atoms with Gasteiger partial charge >= 0.3 is 5.97 Å². The fourth-order valence-electron chi connectivity index (χ4n) is 1.43. The molecule has 94 valence electrons. The van der Waals surface area contributed by atoms with Gasteiger partial charge in [0.05, 0.1) is 24.4 Å². The Hall–Kier alpha value is -1.95. The molecule has 5 nitrogen and oxygen atoms in total. The van der Waals surface area contributed by atoms with E-state index in [9.17, 15) is 9.59 Å². The number of hydrogen-bond acceptors (Lipinski definition) is 6. The van der Waals surface area contributed by atoms with Crippen LogP contribution in [0.1, 0.15) is 16.2 Å². The molecule has 0 N–H and O–H groups in total. The Kier molecular flexibility index (Phi) is 3.57. The third kappa shape index (κ3) is 2.48. The number of carbonyl (C=O) groups excluding carboxylic acids is 2. The Bertz CT molecular complexity index is 605. The molecule has 0 atom stereocenters. The molecule has 0 aliphatic rings. The first-order valence-electron chi connectivity index (χ1n) is 5.18. The summed E-state index contributed by atoms with van der Waals surface area (Å²) in [5, 5.41) is 0.309. The van der Waals surface area contributed by atoms with E-state index in [1.54, 1.807) is 19.2 Å². The highest BCUT2D eigenvalue weighted by molar-refractivity contribution is 7.20. The van der Waals surface area contributed by atoms with Gasteiger partial charge in [-0.15, -0.1) is 11.3 Å². The van der Waals surface area contributed by atoms with Gasteiger partial charge in [-0.1, -0.05) is 0 Å². The molecule has 6 heteroatoms. The minimum atomic E-state index is -0.558. The van der Waals surface area contributed by atoms with Crippen LogP contribution in [-0.4, -0.2) is 31.0 Å². The number of benzene rings is 1. The number of esters is 1. The summed E-state index contributed by atoms with van der Waals surface area (Å²) in [6.45, 7) is 0. The fraction of sp³-hybridized carbons (Fsp3) is 0.250. The van der Waals surface area contributed by atoms with E-state index in [2.05, 4.69) is 9.72 Å². The Morgan fingerprint density at radius 2 is 2.11 bits per heavy atom. The summed E-state index contributed by atoms with van der Waals surface area (Å²) in [6.07, 6.45) is -0.284. The molecule has 0 fully saturated rings. The minimum absolute atomic E-state index is 0.284. The van der Waals surface area contributed by atoms with Gasteiger partial charge in [-0.3, -0.25) is 9.59 Å². The van der Waals surface area contributed by atoms with Gasteiger partial charge in [-0.05, 0) is 18.2 Å². The first-order valence-corrected chi connectivity index (χ1v) is 6.00. The van der Waals surface area contributed by atoms with Crippen molar-refractivity contribution in [3.8, 4) is 5.75 Å². The molecule has 0 saturated carbocycles. The Morgan fingerprint density at radius 3 is 2.78 bits per heavy atom. The first kappa shape index (κ1) is 12.5. The lowest BCUT2D eigenvalue weighted by atomic mass is 10.3. The van der Waals surface area contributed by atoms with Crippen molar-refractivity contribution >= 4 is 33.3 Å². The van der Waals surface area contributed by atoms with Crippen molar-refractivity contribution in [2.75, 3.05) is 14.2 Å². The molecule has 0 radical (unpaired) electrons. The van der Waals surface area contributed by atoms with Crippen LogP contribution >= 0.6 is 11.3 Å². The number of thiazole rings is 1. The number of ketones is 1. The summed E-state index contributed by atoms with van der Waals surface area (Å²) < 4.78 is 10.4. The van der Waals surface area contributed by atoms with Crippen molar-refractivity contribution in [1.29, 1.82) is 0 Å². The SMILES string of the molecule is COC(=O)CC(=O)c1nc2ccc(OC)cc2s1. The largest absolute Gasteiger partial charge is 0.497 e. The summed E-state index contributed by atoms with van der Waals surface area (Å²) in [5.74, 6) is -0.183. The fourth-order valence-corrected chi connectivity index (χ4v) is 2.36. The number of carbonyl (C=O) groups is 2. The molecule has 0 aliphatic carbocycles. The van der Waals surface area contributed by atoms with Crippen LogP contribution < -0.4 is 4.74 Å². The highest BCUT2D eigenvalue weighted by Gasteiger charge is 2.16. The summed E-state index contributed by atoms with van der Waals surface area (Å²) in [6, 6.07) is 5.36. The van der Waals surface area contributed by atoms with E-state index in [1.165, 1.54) is 18.4 Å². The van der Waals surface area contributed by atoms with Gasteiger partial charge in [0.1, 0.15) is 12.2 Å². The van der Waals surface area contributed by atoms with Crippen LogP contribution in [0.3, 0.4) is 0 Å². The number of Topliss-reactive ketones (excluding diaryl/α,β-unsaturated/α-hetero) is 1. The van der Waals surface area contributed by atoms with Crippen LogP contribution in [0.2, 0.25) is 0 Å². The first-order chi connectivity index (χ1) is 8.63. The van der Waals surface area contributed by atoms with Gasteiger partial charge in [0, 0.05) is 0 Å². The third-order valence-electron chi connectivity index (χ3n) is 2.37. The van der Waals surface area contributed by atoms with E-state index in [-0.39, 0.29) is 12.2 Å². The van der Waals surface area contributed by atoms with E-state index in [4.69, 9.17) is 4.74 Å². The van der Waals surface area contributed by atoms with Crippen molar-refractivity contribution in [1.82, 2.24) is 4.98 Å². The molecule has 0 bridgehead atoms. The van der Waals surface area contributed by atoms with Crippen LogP contribution in [0, 0.1) is 0 Å². The van der Waals surface area contributed by atoms with E-state index in [1.807, 2.05) is 6.07 Å². The zero-order valence-electron chi connectivity index (χ0n) is 9.93. The average molecular weight is 265 g/mol. The van der Waals surface area contributed by atoms with E-state index < -0.39 is 5.97 Å². The molecular weight excluding hydrogens is 254 g/mol. The number of fused-ring (bicyclic) bond motifs is 1. The predicted molar refractivity (Wildman–Crippen MR) is 67.1 cm³/mol. The molecule has 0 saturated heterocycles. The quantitative estimate of drug-likeness (QED) is 0.481. The summed E-state index contributed by atoms with van der Waals surface area (Å²) in [7, 11) is 2.82. The van der Waals surface area contributed by atoms with Crippen LogP contribution in [-0.2, 0) is 9.53 Å².